The molecular weight excluding hydrogens is 340 g/mol. The SMILES string of the molecule is COc1ccc([C@H](CNC(=O)c2ccc3nc[nH]c3c2)N2CCCC2)cc1. The molecule has 1 saturated heterocycles. The van der Waals surface area contributed by atoms with Crippen molar-refractivity contribution in [1.29, 1.82) is 0 Å². The average molecular weight is 364 g/mol. The lowest BCUT2D eigenvalue weighted by Crippen LogP contribution is -2.36. The van der Waals surface area contributed by atoms with Gasteiger partial charge in [-0.1, -0.05) is 12.1 Å². The lowest BCUT2D eigenvalue weighted by Gasteiger charge is -2.28. The first-order valence-corrected chi connectivity index (χ1v) is 9.34. The Balaban J connectivity index is 1.49. The molecule has 6 nitrogen and oxygen atoms in total. The van der Waals surface area contributed by atoms with Crippen LogP contribution < -0.4 is 10.1 Å². The number of hydrogen-bond donors (Lipinski definition) is 2. The van der Waals surface area contributed by atoms with Crippen LogP contribution >= 0.6 is 0 Å². The number of methoxy groups -OCH3 is 1. The fourth-order valence-electron chi connectivity index (χ4n) is 3.71. The number of nitrogens with zero attached hydrogens (tertiary/aromatic N) is 2. The molecule has 1 aliphatic rings. The number of aromatic nitrogens is 2. The number of H-pyrrole nitrogens is 1. The van der Waals surface area contributed by atoms with E-state index in [2.05, 4.69) is 32.3 Å². The van der Waals surface area contributed by atoms with E-state index in [9.17, 15) is 4.79 Å². The first kappa shape index (κ1) is 17.5. The van der Waals surface area contributed by atoms with Crippen molar-refractivity contribution >= 4 is 16.9 Å². The summed E-state index contributed by atoms with van der Waals surface area (Å²) < 4.78 is 5.27. The van der Waals surface area contributed by atoms with Crippen molar-refractivity contribution in [3.8, 4) is 5.75 Å². The van der Waals surface area contributed by atoms with Crippen molar-refractivity contribution in [2.75, 3.05) is 26.7 Å². The van der Waals surface area contributed by atoms with Crippen LogP contribution in [0.5, 0.6) is 5.75 Å². The van der Waals surface area contributed by atoms with Crippen LogP contribution in [0.15, 0.2) is 48.8 Å². The van der Waals surface area contributed by atoms with Gasteiger partial charge in [-0.2, -0.15) is 0 Å². The Morgan fingerprint density at radius 1 is 1.22 bits per heavy atom. The van der Waals surface area contributed by atoms with Crippen LogP contribution in [-0.2, 0) is 0 Å². The zero-order valence-corrected chi connectivity index (χ0v) is 15.4. The van der Waals surface area contributed by atoms with Crippen LogP contribution in [0.25, 0.3) is 11.0 Å². The van der Waals surface area contributed by atoms with E-state index in [1.165, 1.54) is 18.4 Å². The number of carbonyl (C=O) groups excluding carboxylic acids is 1. The van der Waals surface area contributed by atoms with Crippen LogP contribution in [0.4, 0.5) is 0 Å². The van der Waals surface area contributed by atoms with Gasteiger partial charge in [0.2, 0.25) is 0 Å². The summed E-state index contributed by atoms with van der Waals surface area (Å²) in [5, 5.41) is 3.11. The van der Waals surface area contributed by atoms with Crippen molar-refractivity contribution in [2.45, 2.75) is 18.9 Å². The van der Waals surface area contributed by atoms with Gasteiger partial charge in [0.1, 0.15) is 5.75 Å². The largest absolute Gasteiger partial charge is 0.497 e. The number of amides is 1. The third-order valence-electron chi connectivity index (χ3n) is 5.22. The third kappa shape index (κ3) is 3.80. The van der Waals surface area contributed by atoms with E-state index in [1.807, 2.05) is 30.3 Å². The van der Waals surface area contributed by atoms with Gasteiger partial charge in [0.05, 0.1) is 30.5 Å². The Bertz CT molecular complexity index is 913. The summed E-state index contributed by atoms with van der Waals surface area (Å²) in [7, 11) is 1.67. The van der Waals surface area contributed by atoms with Crippen LogP contribution in [0.2, 0.25) is 0 Å². The molecule has 2 heterocycles. The van der Waals surface area contributed by atoms with Crippen molar-refractivity contribution in [3.63, 3.8) is 0 Å². The smallest absolute Gasteiger partial charge is 0.251 e. The van der Waals surface area contributed by atoms with Crippen LogP contribution in [0, 0.1) is 0 Å². The number of nitrogens with one attached hydrogen (secondary N) is 2. The Morgan fingerprint density at radius 3 is 2.74 bits per heavy atom. The summed E-state index contributed by atoms with van der Waals surface area (Å²) >= 11 is 0. The molecule has 1 aromatic heterocycles. The fourth-order valence-corrected chi connectivity index (χ4v) is 3.71. The Morgan fingerprint density at radius 2 is 2.00 bits per heavy atom. The normalized spacial score (nSPS) is 15.7. The van der Waals surface area contributed by atoms with Gasteiger partial charge in [-0.05, 0) is 61.8 Å². The number of hydrogen-bond acceptors (Lipinski definition) is 4. The van der Waals surface area contributed by atoms with Gasteiger partial charge in [-0.25, -0.2) is 4.98 Å². The Hall–Kier alpha value is -2.86. The highest BCUT2D eigenvalue weighted by Crippen LogP contribution is 2.26. The molecule has 0 aliphatic carbocycles. The summed E-state index contributed by atoms with van der Waals surface area (Å²) in [6.45, 7) is 2.70. The fraction of sp³-hybridized carbons (Fsp3) is 0.333. The van der Waals surface area contributed by atoms with Crippen LogP contribution in [0.1, 0.15) is 34.8 Å². The summed E-state index contributed by atoms with van der Waals surface area (Å²) in [4.78, 5) is 22.4. The van der Waals surface area contributed by atoms with Gasteiger partial charge in [0.15, 0.2) is 0 Å². The number of imidazole rings is 1. The molecule has 27 heavy (non-hydrogen) atoms. The lowest BCUT2D eigenvalue weighted by atomic mass is 10.0. The number of rotatable bonds is 6. The first-order chi connectivity index (χ1) is 13.2. The lowest BCUT2D eigenvalue weighted by molar-refractivity contribution is 0.0938. The van der Waals surface area contributed by atoms with Gasteiger partial charge >= 0.3 is 0 Å². The second-order valence-electron chi connectivity index (χ2n) is 6.88. The zero-order valence-electron chi connectivity index (χ0n) is 15.4. The number of benzene rings is 2. The molecule has 0 radical (unpaired) electrons. The number of likely N-dealkylation sites (tertiary alicyclic amines) is 1. The van der Waals surface area contributed by atoms with Gasteiger partial charge in [-0.3, -0.25) is 9.69 Å². The highest BCUT2D eigenvalue weighted by Gasteiger charge is 2.24. The molecule has 2 N–H and O–H groups in total. The molecule has 1 fully saturated rings. The minimum atomic E-state index is -0.0655. The van der Waals surface area contributed by atoms with Crippen molar-refractivity contribution in [1.82, 2.24) is 20.2 Å². The number of carbonyl (C=O) groups is 1. The molecule has 6 heteroatoms. The van der Waals surface area contributed by atoms with E-state index in [0.717, 1.165) is 29.9 Å². The summed E-state index contributed by atoms with van der Waals surface area (Å²) in [6.07, 6.45) is 4.05. The van der Waals surface area contributed by atoms with Crippen LogP contribution in [0.3, 0.4) is 0 Å². The Kier molecular flexibility index (Phi) is 5.07. The molecule has 4 rings (SSSR count). The van der Waals surface area contributed by atoms with E-state index in [4.69, 9.17) is 4.74 Å². The number of ether oxygens (including phenoxy) is 1. The zero-order chi connectivity index (χ0) is 18.6. The second kappa shape index (κ2) is 7.80. The van der Waals surface area contributed by atoms with E-state index >= 15 is 0 Å². The maximum Gasteiger partial charge on any atom is 0.251 e. The van der Waals surface area contributed by atoms with Crippen molar-refractivity contribution < 1.29 is 9.53 Å². The molecule has 0 unspecified atom stereocenters. The minimum Gasteiger partial charge on any atom is -0.497 e. The highest BCUT2D eigenvalue weighted by atomic mass is 16.5. The predicted molar refractivity (Wildman–Crippen MR) is 105 cm³/mol. The van der Waals surface area contributed by atoms with Crippen LogP contribution in [-0.4, -0.2) is 47.5 Å². The molecule has 1 atom stereocenters. The van der Waals surface area contributed by atoms with E-state index in [0.29, 0.717) is 12.1 Å². The molecule has 0 bridgehead atoms. The minimum absolute atomic E-state index is 0.0655. The molecule has 1 aliphatic heterocycles. The van der Waals surface area contributed by atoms with Gasteiger partial charge in [-0.15, -0.1) is 0 Å². The van der Waals surface area contributed by atoms with Crippen molar-refractivity contribution in [2.24, 2.45) is 0 Å². The number of fused-ring (bicyclic) bond motifs is 1. The van der Waals surface area contributed by atoms with Gasteiger partial charge in [0, 0.05) is 12.1 Å². The molecule has 0 spiro atoms. The monoisotopic (exact) mass is 364 g/mol. The van der Waals surface area contributed by atoms with Gasteiger partial charge in [0.25, 0.3) is 5.91 Å². The second-order valence-corrected chi connectivity index (χ2v) is 6.88. The molecule has 0 saturated carbocycles. The van der Waals surface area contributed by atoms with E-state index < -0.39 is 0 Å². The molecule has 1 amide bonds. The number of aromatic amines is 1. The van der Waals surface area contributed by atoms with Gasteiger partial charge < -0.3 is 15.0 Å². The average Bonchev–Trinajstić information content (AvgIpc) is 3.40. The van der Waals surface area contributed by atoms with E-state index in [-0.39, 0.29) is 11.9 Å². The van der Waals surface area contributed by atoms with Crippen molar-refractivity contribution in [3.05, 3.63) is 59.9 Å². The standard InChI is InChI=1S/C21H24N4O2/c1-27-17-7-4-15(5-8-17)20(25-10-2-3-11-25)13-22-21(26)16-6-9-18-19(12-16)24-14-23-18/h4-9,12,14,20H,2-3,10-11,13H2,1H3,(H,22,26)(H,23,24)/t20-/m0/s1. The summed E-state index contributed by atoms with van der Waals surface area (Å²) in [5.41, 5.74) is 3.57. The van der Waals surface area contributed by atoms with E-state index in [1.54, 1.807) is 13.4 Å². The summed E-state index contributed by atoms with van der Waals surface area (Å²) in [5.74, 6) is 0.778. The topological polar surface area (TPSA) is 70.2 Å². The Labute approximate surface area is 158 Å². The quantitative estimate of drug-likeness (QED) is 0.705. The maximum absolute atomic E-state index is 12.7. The maximum atomic E-state index is 12.7. The molecule has 3 aromatic rings. The molecule has 140 valence electrons. The highest BCUT2D eigenvalue weighted by molar-refractivity contribution is 5.97. The molecule has 2 aromatic carbocycles. The predicted octanol–water partition coefficient (Wildman–Crippen LogP) is 3.14. The first-order valence-electron chi connectivity index (χ1n) is 9.34. The molecular formula is C21H24N4O2. The summed E-state index contributed by atoms with van der Waals surface area (Å²) in [6, 6.07) is 13.8. The third-order valence-corrected chi connectivity index (χ3v) is 5.22.